The van der Waals surface area contributed by atoms with E-state index >= 15 is 0 Å². The van der Waals surface area contributed by atoms with E-state index in [4.69, 9.17) is 5.73 Å². The molecule has 0 saturated carbocycles. The Morgan fingerprint density at radius 3 is 2.71 bits per heavy atom. The molecule has 2 aromatic rings. The quantitative estimate of drug-likeness (QED) is 0.803. The van der Waals surface area contributed by atoms with Gasteiger partial charge in [-0.25, -0.2) is 0 Å². The van der Waals surface area contributed by atoms with Crippen molar-refractivity contribution >= 4 is 11.6 Å². The molecule has 1 heterocycles. The molecule has 0 aliphatic heterocycles. The Hall–Kier alpha value is -2.71. The van der Waals surface area contributed by atoms with E-state index in [0.29, 0.717) is 0 Å². The van der Waals surface area contributed by atoms with Gasteiger partial charge in [0.15, 0.2) is 0 Å². The fourth-order valence-electron chi connectivity index (χ4n) is 1.62. The number of halogens is 3. The number of benzene rings is 1. The van der Waals surface area contributed by atoms with Gasteiger partial charge < -0.3 is 15.8 Å². The molecule has 112 valence electrons. The number of alkyl halides is 3. The van der Waals surface area contributed by atoms with Crippen LogP contribution in [0.15, 0.2) is 30.5 Å². The van der Waals surface area contributed by atoms with Gasteiger partial charge in [0.05, 0.1) is 11.9 Å². The first kappa shape index (κ1) is 14.7. The molecule has 1 amide bonds. The van der Waals surface area contributed by atoms with Gasteiger partial charge in [0.2, 0.25) is 0 Å². The number of aromatic amines is 1. The van der Waals surface area contributed by atoms with Crippen LogP contribution >= 0.6 is 0 Å². The lowest BCUT2D eigenvalue weighted by Gasteiger charge is -2.13. The third-order valence-electron chi connectivity index (χ3n) is 2.53. The van der Waals surface area contributed by atoms with Crippen molar-refractivity contribution in [1.82, 2.24) is 15.5 Å². The SMILES string of the molecule is Nc1cn[nH]c1C(=O)NCc1ccccc1OC(F)(F)F. The number of nitrogens with zero attached hydrogens (tertiary/aromatic N) is 1. The van der Waals surface area contributed by atoms with E-state index in [0.717, 1.165) is 0 Å². The van der Waals surface area contributed by atoms with Crippen molar-refractivity contribution in [2.75, 3.05) is 5.73 Å². The molecule has 0 bridgehead atoms. The summed E-state index contributed by atoms with van der Waals surface area (Å²) in [6.07, 6.45) is -3.54. The molecule has 1 aromatic carbocycles. The van der Waals surface area contributed by atoms with Gasteiger partial charge in [-0.2, -0.15) is 5.10 Å². The molecule has 6 nitrogen and oxygen atoms in total. The van der Waals surface area contributed by atoms with E-state index in [-0.39, 0.29) is 29.2 Å². The predicted molar refractivity (Wildman–Crippen MR) is 67.3 cm³/mol. The third-order valence-corrected chi connectivity index (χ3v) is 2.53. The lowest BCUT2D eigenvalue weighted by molar-refractivity contribution is -0.274. The summed E-state index contributed by atoms with van der Waals surface area (Å²) in [5, 5.41) is 8.41. The Balaban J connectivity index is 2.07. The summed E-state index contributed by atoms with van der Waals surface area (Å²) < 4.78 is 40.7. The van der Waals surface area contributed by atoms with E-state index in [9.17, 15) is 18.0 Å². The molecule has 4 N–H and O–H groups in total. The summed E-state index contributed by atoms with van der Waals surface area (Å²) in [7, 11) is 0. The van der Waals surface area contributed by atoms with Crippen LogP contribution in [0.5, 0.6) is 5.75 Å². The number of hydrogen-bond acceptors (Lipinski definition) is 4. The average molecular weight is 300 g/mol. The third kappa shape index (κ3) is 3.88. The standard InChI is InChI=1S/C12H11F3N4O2/c13-12(14,15)21-9-4-2-1-3-7(9)5-17-11(20)10-8(16)6-18-19-10/h1-4,6H,5,16H2,(H,17,20)(H,18,19). The number of anilines is 1. The highest BCUT2D eigenvalue weighted by molar-refractivity contribution is 5.96. The lowest BCUT2D eigenvalue weighted by atomic mass is 10.2. The monoisotopic (exact) mass is 300 g/mol. The van der Waals surface area contributed by atoms with Crippen molar-refractivity contribution in [3.8, 4) is 5.75 Å². The van der Waals surface area contributed by atoms with Gasteiger partial charge >= 0.3 is 6.36 Å². The second kappa shape index (κ2) is 5.73. The lowest BCUT2D eigenvalue weighted by Crippen LogP contribution is -2.25. The summed E-state index contributed by atoms with van der Waals surface area (Å²) in [4.78, 5) is 11.8. The molecule has 0 radical (unpaired) electrons. The smallest absolute Gasteiger partial charge is 0.405 e. The van der Waals surface area contributed by atoms with E-state index in [2.05, 4.69) is 20.3 Å². The van der Waals surface area contributed by atoms with Gasteiger partial charge in [-0.1, -0.05) is 18.2 Å². The van der Waals surface area contributed by atoms with Gasteiger partial charge in [0.1, 0.15) is 11.4 Å². The number of hydrogen-bond donors (Lipinski definition) is 3. The zero-order valence-electron chi connectivity index (χ0n) is 10.6. The fourth-order valence-corrected chi connectivity index (χ4v) is 1.62. The molecule has 0 aliphatic rings. The minimum atomic E-state index is -4.80. The van der Waals surface area contributed by atoms with Crippen LogP contribution in [0.2, 0.25) is 0 Å². The number of amides is 1. The second-order valence-electron chi connectivity index (χ2n) is 4.04. The number of carbonyl (C=O) groups excluding carboxylic acids is 1. The molecule has 9 heteroatoms. The first-order valence-electron chi connectivity index (χ1n) is 5.77. The minimum absolute atomic E-state index is 0.0456. The highest BCUT2D eigenvalue weighted by atomic mass is 19.4. The Morgan fingerprint density at radius 2 is 2.10 bits per heavy atom. The van der Waals surface area contributed by atoms with E-state index in [1.807, 2.05) is 0 Å². The number of ether oxygens (including phenoxy) is 1. The maximum Gasteiger partial charge on any atom is 0.573 e. The highest BCUT2D eigenvalue weighted by Crippen LogP contribution is 2.26. The molecule has 0 saturated heterocycles. The van der Waals surface area contributed by atoms with Gasteiger partial charge in [-0.3, -0.25) is 9.89 Å². The topological polar surface area (TPSA) is 93.0 Å². The summed E-state index contributed by atoms with van der Waals surface area (Å²) in [6, 6.07) is 5.52. The molecule has 0 unspecified atom stereocenters. The average Bonchev–Trinajstić information content (AvgIpc) is 2.82. The van der Waals surface area contributed by atoms with Gasteiger partial charge in [0, 0.05) is 12.1 Å². The van der Waals surface area contributed by atoms with Crippen LogP contribution in [0, 0.1) is 0 Å². The molecular formula is C12H11F3N4O2. The predicted octanol–water partition coefficient (Wildman–Crippen LogP) is 1.82. The van der Waals surface area contributed by atoms with Gasteiger partial charge in [-0.15, -0.1) is 13.2 Å². The van der Waals surface area contributed by atoms with Crippen LogP contribution in [0.1, 0.15) is 16.1 Å². The zero-order valence-corrected chi connectivity index (χ0v) is 10.6. The molecule has 2 rings (SSSR count). The second-order valence-corrected chi connectivity index (χ2v) is 4.04. The highest BCUT2D eigenvalue weighted by Gasteiger charge is 2.32. The van der Waals surface area contributed by atoms with Crippen molar-refractivity contribution in [2.24, 2.45) is 0 Å². The number of nitrogens with one attached hydrogen (secondary N) is 2. The summed E-state index contributed by atoms with van der Waals surface area (Å²) >= 11 is 0. The normalized spacial score (nSPS) is 11.2. The maximum atomic E-state index is 12.3. The number of nitrogen functional groups attached to an aromatic ring is 1. The van der Waals surface area contributed by atoms with Crippen LogP contribution in [0.25, 0.3) is 0 Å². The molecular weight excluding hydrogens is 289 g/mol. The van der Waals surface area contributed by atoms with Crippen LogP contribution in [0.3, 0.4) is 0 Å². The summed E-state index contributed by atoms with van der Waals surface area (Å²) in [5.41, 5.74) is 5.87. The first-order chi connectivity index (χ1) is 9.87. The maximum absolute atomic E-state index is 12.3. The molecule has 1 aromatic heterocycles. The number of H-pyrrole nitrogens is 1. The summed E-state index contributed by atoms with van der Waals surface area (Å²) in [5.74, 6) is -0.949. The Labute approximate surface area is 117 Å². The number of para-hydroxylation sites is 1. The fraction of sp³-hybridized carbons (Fsp3) is 0.167. The number of carbonyl (C=O) groups is 1. The Morgan fingerprint density at radius 1 is 1.38 bits per heavy atom. The van der Waals surface area contributed by atoms with Crippen molar-refractivity contribution in [2.45, 2.75) is 12.9 Å². The Bertz CT molecular complexity index is 639. The zero-order chi connectivity index (χ0) is 15.5. The van der Waals surface area contributed by atoms with Crippen LogP contribution < -0.4 is 15.8 Å². The van der Waals surface area contributed by atoms with Crippen molar-refractivity contribution in [1.29, 1.82) is 0 Å². The number of nitrogens with two attached hydrogens (primary N) is 1. The molecule has 0 fully saturated rings. The largest absolute Gasteiger partial charge is 0.573 e. The van der Waals surface area contributed by atoms with Gasteiger partial charge in [-0.05, 0) is 6.07 Å². The van der Waals surface area contributed by atoms with Crippen LogP contribution in [-0.4, -0.2) is 22.5 Å². The van der Waals surface area contributed by atoms with Crippen molar-refractivity contribution in [3.63, 3.8) is 0 Å². The molecule has 0 atom stereocenters. The van der Waals surface area contributed by atoms with E-state index in [1.54, 1.807) is 0 Å². The molecule has 0 spiro atoms. The molecule has 21 heavy (non-hydrogen) atoms. The summed E-state index contributed by atoms with van der Waals surface area (Å²) in [6.45, 7) is -0.149. The van der Waals surface area contributed by atoms with Gasteiger partial charge in [0.25, 0.3) is 5.91 Å². The van der Waals surface area contributed by atoms with Crippen LogP contribution in [-0.2, 0) is 6.54 Å². The van der Waals surface area contributed by atoms with E-state index < -0.39 is 12.3 Å². The molecule has 0 aliphatic carbocycles. The first-order valence-corrected chi connectivity index (χ1v) is 5.77. The van der Waals surface area contributed by atoms with Crippen molar-refractivity contribution in [3.05, 3.63) is 41.7 Å². The Kier molecular flexibility index (Phi) is 4.01. The number of rotatable bonds is 4. The van der Waals surface area contributed by atoms with E-state index in [1.165, 1.54) is 30.5 Å². The van der Waals surface area contributed by atoms with Crippen molar-refractivity contribution < 1.29 is 22.7 Å². The number of aromatic nitrogens is 2. The van der Waals surface area contributed by atoms with Crippen LogP contribution in [0.4, 0.5) is 18.9 Å². The minimum Gasteiger partial charge on any atom is -0.405 e.